The number of rotatable bonds is 5. The fourth-order valence-electron chi connectivity index (χ4n) is 1.60. The summed E-state index contributed by atoms with van der Waals surface area (Å²) in [4.78, 5) is 4.22. The van der Waals surface area contributed by atoms with Crippen LogP contribution in [0.5, 0.6) is 5.75 Å². The van der Waals surface area contributed by atoms with Crippen LogP contribution in [0.1, 0.15) is 11.3 Å². The molecular weight excluding hydrogens is 263 g/mol. The minimum Gasteiger partial charge on any atom is -0.493 e. The molecule has 1 aromatic carbocycles. The zero-order valence-corrected chi connectivity index (χ0v) is 11.0. The Labute approximate surface area is 116 Å². The van der Waals surface area contributed by atoms with Gasteiger partial charge in [0, 0.05) is 29.9 Å². The third kappa shape index (κ3) is 3.72. The topological polar surface area (TPSA) is 48.1 Å². The van der Waals surface area contributed by atoms with Crippen molar-refractivity contribution in [1.29, 1.82) is 0 Å². The summed E-state index contributed by atoms with van der Waals surface area (Å²) in [7, 11) is 0. The lowest BCUT2D eigenvalue weighted by Crippen LogP contribution is -2.11. The summed E-state index contributed by atoms with van der Waals surface area (Å²) in [6.45, 7) is 0.433. The second-order valence-electron chi connectivity index (χ2n) is 3.93. The second kappa shape index (κ2) is 6.24. The van der Waals surface area contributed by atoms with Gasteiger partial charge in [-0.3, -0.25) is 4.98 Å². The molecule has 0 spiro atoms. The van der Waals surface area contributed by atoms with E-state index in [2.05, 4.69) is 4.98 Å². The lowest BCUT2D eigenvalue weighted by molar-refractivity contribution is 0.319. The number of nitrogens with two attached hydrogens (primary N) is 1. The smallest absolute Gasteiger partial charge is 0.137 e. The molecule has 3 nitrogen and oxygen atoms in total. The summed E-state index contributed by atoms with van der Waals surface area (Å²) in [5.41, 5.74) is 6.55. The fourth-order valence-corrected chi connectivity index (χ4v) is 1.77. The molecule has 2 rings (SSSR count). The first-order valence-corrected chi connectivity index (χ1v) is 6.19. The number of hydrogen-bond donors (Lipinski definition) is 1. The average molecular weight is 276 g/mol. The highest BCUT2D eigenvalue weighted by Crippen LogP contribution is 2.16. The predicted molar refractivity (Wildman–Crippen MR) is 75.7 cm³/mol. The van der Waals surface area contributed by atoms with Crippen molar-refractivity contribution in [2.24, 2.45) is 5.73 Å². The maximum atomic E-state index is 13.6. The van der Waals surface area contributed by atoms with Crippen LogP contribution in [-0.2, 0) is 6.42 Å². The van der Waals surface area contributed by atoms with Crippen LogP contribution in [0.4, 0.5) is 4.39 Å². The molecule has 0 aliphatic heterocycles. The molecule has 2 aromatic rings. The number of ether oxygens (including phenoxy) is 1. The predicted octanol–water partition coefficient (Wildman–Crippen LogP) is 2.48. The normalized spacial score (nSPS) is 10.2. The van der Waals surface area contributed by atoms with Crippen LogP contribution >= 0.6 is 12.2 Å². The van der Waals surface area contributed by atoms with E-state index in [9.17, 15) is 4.39 Å². The fraction of sp³-hybridized carbons (Fsp3) is 0.143. The maximum absolute atomic E-state index is 13.6. The second-order valence-corrected chi connectivity index (χ2v) is 4.37. The minimum absolute atomic E-state index is 0.0394. The van der Waals surface area contributed by atoms with Gasteiger partial charge in [0.1, 0.15) is 16.6 Å². The first-order chi connectivity index (χ1) is 9.16. The third-order valence-electron chi connectivity index (χ3n) is 2.56. The van der Waals surface area contributed by atoms with Gasteiger partial charge in [-0.05, 0) is 24.3 Å². The first kappa shape index (κ1) is 13.4. The van der Waals surface area contributed by atoms with E-state index in [1.54, 1.807) is 12.3 Å². The third-order valence-corrected chi connectivity index (χ3v) is 2.78. The Morgan fingerprint density at radius 1 is 1.32 bits per heavy atom. The minimum atomic E-state index is -0.470. The highest BCUT2D eigenvalue weighted by atomic mass is 32.1. The Balaban J connectivity index is 1.93. The van der Waals surface area contributed by atoms with E-state index in [-0.39, 0.29) is 10.6 Å². The Bertz CT molecular complexity index is 575. The molecular formula is C14H13FN2OS. The largest absolute Gasteiger partial charge is 0.493 e. The summed E-state index contributed by atoms with van der Waals surface area (Å²) in [6, 6.07) is 10.1. The van der Waals surface area contributed by atoms with Gasteiger partial charge in [0.05, 0.1) is 6.61 Å². The molecule has 0 unspecified atom stereocenters. The molecule has 0 aliphatic rings. The van der Waals surface area contributed by atoms with E-state index in [1.807, 2.05) is 18.2 Å². The lowest BCUT2D eigenvalue weighted by atomic mass is 10.2. The average Bonchev–Trinajstić information content (AvgIpc) is 2.39. The summed E-state index contributed by atoms with van der Waals surface area (Å²) in [5, 5.41) is 0. The number of nitrogens with zero attached hydrogens (tertiary/aromatic N) is 1. The standard InChI is InChI=1S/C14H13FN2OS/c15-13-9-11(4-5-12(13)14(16)19)18-8-6-10-3-1-2-7-17-10/h1-5,7,9H,6,8H2,(H2,16,19). The Kier molecular flexibility index (Phi) is 4.41. The van der Waals surface area contributed by atoms with Crippen LogP contribution in [-0.4, -0.2) is 16.6 Å². The molecule has 0 radical (unpaired) electrons. The van der Waals surface area contributed by atoms with Crippen molar-refractivity contribution in [2.75, 3.05) is 6.61 Å². The molecule has 0 amide bonds. The van der Waals surface area contributed by atoms with Crippen LogP contribution in [0.25, 0.3) is 0 Å². The molecule has 98 valence electrons. The quantitative estimate of drug-likeness (QED) is 0.852. The van der Waals surface area contributed by atoms with Gasteiger partial charge in [0.2, 0.25) is 0 Å². The number of hydrogen-bond acceptors (Lipinski definition) is 3. The molecule has 2 N–H and O–H groups in total. The Morgan fingerprint density at radius 2 is 2.16 bits per heavy atom. The van der Waals surface area contributed by atoms with E-state index in [1.165, 1.54) is 12.1 Å². The summed E-state index contributed by atoms with van der Waals surface area (Å²) >= 11 is 4.73. The molecule has 0 saturated carbocycles. The van der Waals surface area contributed by atoms with Crippen LogP contribution in [0.3, 0.4) is 0 Å². The number of halogens is 1. The Hall–Kier alpha value is -2.01. The van der Waals surface area contributed by atoms with Crippen LogP contribution < -0.4 is 10.5 Å². The first-order valence-electron chi connectivity index (χ1n) is 5.79. The van der Waals surface area contributed by atoms with Gasteiger partial charge in [0.25, 0.3) is 0 Å². The van der Waals surface area contributed by atoms with Crippen molar-refractivity contribution in [1.82, 2.24) is 4.98 Å². The summed E-state index contributed by atoms with van der Waals surface area (Å²) in [6.07, 6.45) is 2.39. The van der Waals surface area contributed by atoms with Gasteiger partial charge in [0.15, 0.2) is 0 Å². The van der Waals surface area contributed by atoms with E-state index in [4.69, 9.17) is 22.7 Å². The van der Waals surface area contributed by atoms with E-state index in [0.717, 1.165) is 5.69 Å². The monoisotopic (exact) mass is 276 g/mol. The number of aromatic nitrogens is 1. The highest BCUT2D eigenvalue weighted by molar-refractivity contribution is 7.80. The molecule has 0 atom stereocenters. The number of benzene rings is 1. The van der Waals surface area contributed by atoms with Crippen molar-refractivity contribution in [3.8, 4) is 5.75 Å². The van der Waals surface area contributed by atoms with Gasteiger partial charge in [-0.25, -0.2) is 4.39 Å². The lowest BCUT2D eigenvalue weighted by Gasteiger charge is -2.07. The van der Waals surface area contributed by atoms with Crippen LogP contribution in [0.2, 0.25) is 0 Å². The summed E-state index contributed by atoms with van der Waals surface area (Å²) in [5.74, 6) is -0.0173. The van der Waals surface area contributed by atoms with Crippen LogP contribution in [0, 0.1) is 5.82 Å². The van der Waals surface area contributed by atoms with Gasteiger partial charge >= 0.3 is 0 Å². The zero-order valence-electron chi connectivity index (χ0n) is 10.2. The number of pyridine rings is 1. The van der Waals surface area contributed by atoms with Crippen molar-refractivity contribution in [3.05, 3.63) is 59.7 Å². The van der Waals surface area contributed by atoms with Gasteiger partial charge in [-0.2, -0.15) is 0 Å². The zero-order chi connectivity index (χ0) is 13.7. The van der Waals surface area contributed by atoms with E-state index >= 15 is 0 Å². The number of thiocarbonyl (C=S) groups is 1. The van der Waals surface area contributed by atoms with Gasteiger partial charge in [-0.15, -0.1) is 0 Å². The van der Waals surface area contributed by atoms with Crippen molar-refractivity contribution in [3.63, 3.8) is 0 Å². The summed E-state index contributed by atoms with van der Waals surface area (Å²) < 4.78 is 19.1. The molecule has 0 saturated heterocycles. The van der Waals surface area contributed by atoms with E-state index < -0.39 is 5.82 Å². The van der Waals surface area contributed by atoms with Gasteiger partial charge < -0.3 is 10.5 Å². The molecule has 5 heteroatoms. The molecule has 1 aromatic heterocycles. The molecule has 0 fully saturated rings. The van der Waals surface area contributed by atoms with Crippen molar-refractivity contribution < 1.29 is 9.13 Å². The molecule has 0 bridgehead atoms. The van der Waals surface area contributed by atoms with Gasteiger partial charge in [-0.1, -0.05) is 18.3 Å². The van der Waals surface area contributed by atoms with Crippen molar-refractivity contribution in [2.45, 2.75) is 6.42 Å². The Morgan fingerprint density at radius 3 is 2.79 bits per heavy atom. The SMILES string of the molecule is NC(=S)c1ccc(OCCc2ccccn2)cc1F. The highest BCUT2D eigenvalue weighted by Gasteiger charge is 2.06. The van der Waals surface area contributed by atoms with Crippen molar-refractivity contribution >= 4 is 17.2 Å². The maximum Gasteiger partial charge on any atom is 0.137 e. The molecule has 19 heavy (non-hydrogen) atoms. The van der Waals surface area contributed by atoms with Crippen LogP contribution in [0.15, 0.2) is 42.6 Å². The molecule has 1 heterocycles. The van der Waals surface area contributed by atoms with E-state index in [0.29, 0.717) is 18.8 Å². The molecule has 0 aliphatic carbocycles.